The van der Waals surface area contributed by atoms with Crippen molar-refractivity contribution in [2.75, 3.05) is 23.8 Å². The van der Waals surface area contributed by atoms with Gasteiger partial charge in [0.2, 0.25) is 0 Å². The fourth-order valence-corrected chi connectivity index (χ4v) is 2.65. The maximum absolute atomic E-state index is 12.3. The minimum Gasteiger partial charge on any atom is -0.382 e. The number of nitrogens with zero attached hydrogens (tertiary/aromatic N) is 1. The van der Waals surface area contributed by atoms with Crippen LogP contribution in [0.15, 0.2) is 42.6 Å². The first-order valence-corrected chi connectivity index (χ1v) is 7.97. The van der Waals surface area contributed by atoms with Crippen molar-refractivity contribution in [1.82, 2.24) is 4.98 Å². The van der Waals surface area contributed by atoms with Crippen LogP contribution in [0.2, 0.25) is 5.02 Å². The normalized spacial score (nSPS) is 17.0. The largest absolute Gasteiger partial charge is 0.382 e. The lowest BCUT2D eigenvalue weighted by molar-refractivity contribution is 0.102. The molecule has 2 heterocycles. The Hall–Kier alpha value is -2.11. The van der Waals surface area contributed by atoms with Crippen LogP contribution in [-0.4, -0.2) is 30.1 Å². The number of hydrogen-bond donors (Lipinski definition) is 2. The maximum Gasteiger partial charge on any atom is 0.274 e. The van der Waals surface area contributed by atoms with Crippen LogP contribution >= 0.6 is 11.6 Å². The third-order valence-corrected chi connectivity index (χ3v) is 3.87. The lowest BCUT2D eigenvalue weighted by atomic mass is 10.2. The molecule has 5 nitrogen and oxygen atoms in total. The molecule has 120 valence electrons. The molecular weight excluding hydrogens is 314 g/mol. The fraction of sp³-hybridized carbons (Fsp3) is 0.294. The monoisotopic (exact) mass is 331 g/mol. The zero-order valence-electron chi connectivity index (χ0n) is 12.6. The first kappa shape index (κ1) is 15.8. The Morgan fingerprint density at radius 3 is 3.00 bits per heavy atom. The summed E-state index contributed by atoms with van der Waals surface area (Å²) in [6, 6.07) is 10.6. The molecule has 1 amide bonds. The van der Waals surface area contributed by atoms with E-state index in [1.165, 1.54) is 0 Å². The summed E-state index contributed by atoms with van der Waals surface area (Å²) in [7, 11) is 0. The molecule has 2 aromatic rings. The smallest absolute Gasteiger partial charge is 0.274 e. The number of hydrogen-bond acceptors (Lipinski definition) is 4. The number of nitrogens with one attached hydrogen (secondary N) is 2. The highest BCUT2D eigenvalue weighted by atomic mass is 35.5. The van der Waals surface area contributed by atoms with Crippen molar-refractivity contribution < 1.29 is 9.53 Å². The maximum atomic E-state index is 12.3. The molecule has 6 heteroatoms. The van der Waals surface area contributed by atoms with Crippen molar-refractivity contribution in [3.8, 4) is 0 Å². The summed E-state index contributed by atoms with van der Waals surface area (Å²) in [5.41, 5.74) is 1.84. The Labute approximate surface area is 140 Å². The average Bonchev–Trinajstić information content (AvgIpc) is 3.07. The lowest BCUT2D eigenvalue weighted by Gasteiger charge is -2.12. The molecule has 2 N–H and O–H groups in total. The number of carbonyl (C=O) groups excluding carboxylic acids is 1. The zero-order chi connectivity index (χ0) is 16.1. The van der Waals surface area contributed by atoms with Crippen LogP contribution in [0.3, 0.4) is 0 Å². The second-order valence-electron chi connectivity index (χ2n) is 5.41. The molecule has 1 aliphatic heterocycles. The van der Waals surface area contributed by atoms with Crippen LogP contribution in [-0.2, 0) is 4.74 Å². The first-order chi connectivity index (χ1) is 11.2. The first-order valence-electron chi connectivity index (χ1n) is 7.59. The molecule has 3 rings (SSSR count). The summed E-state index contributed by atoms with van der Waals surface area (Å²) in [5.74, 6) is -0.270. The lowest BCUT2D eigenvalue weighted by Crippen LogP contribution is -2.19. The highest BCUT2D eigenvalue weighted by Gasteiger charge is 2.15. The van der Waals surface area contributed by atoms with Crippen molar-refractivity contribution in [2.24, 2.45) is 0 Å². The summed E-state index contributed by atoms with van der Waals surface area (Å²) < 4.78 is 5.57. The molecule has 0 aliphatic carbocycles. The van der Waals surface area contributed by atoms with Crippen LogP contribution in [0, 0.1) is 0 Å². The highest BCUT2D eigenvalue weighted by Crippen LogP contribution is 2.17. The predicted octanol–water partition coefficient (Wildman–Crippen LogP) is 3.58. The Balaban J connectivity index is 1.62. The van der Waals surface area contributed by atoms with Crippen LogP contribution in [0.5, 0.6) is 0 Å². The van der Waals surface area contributed by atoms with E-state index in [1.807, 2.05) is 6.07 Å². The van der Waals surface area contributed by atoms with Gasteiger partial charge >= 0.3 is 0 Å². The Bertz CT molecular complexity index is 687. The van der Waals surface area contributed by atoms with E-state index in [4.69, 9.17) is 16.3 Å². The highest BCUT2D eigenvalue weighted by molar-refractivity contribution is 6.30. The summed E-state index contributed by atoms with van der Waals surface area (Å²) in [6.07, 6.45) is 4.04. The number of rotatable bonds is 5. The molecular formula is C17H18ClN3O2. The third kappa shape index (κ3) is 4.43. The summed E-state index contributed by atoms with van der Waals surface area (Å²) in [5, 5.41) is 6.65. The number of ether oxygens (including phenoxy) is 1. The van der Waals surface area contributed by atoms with E-state index in [0.29, 0.717) is 16.4 Å². The van der Waals surface area contributed by atoms with Gasteiger partial charge in [-0.1, -0.05) is 17.7 Å². The van der Waals surface area contributed by atoms with Gasteiger partial charge in [-0.05, 0) is 43.2 Å². The fourth-order valence-electron chi connectivity index (χ4n) is 2.46. The van der Waals surface area contributed by atoms with Gasteiger partial charge in [-0.25, -0.2) is 0 Å². The number of carbonyl (C=O) groups is 1. The van der Waals surface area contributed by atoms with Crippen LogP contribution in [0.1, 0.15) is 23.3 Å². The number of aromatic nitrogens is 1. The van der Waals surface area contributed by atoms with Gasteiger partial charge in [0.1, 0.15) is 5.69 Å². The number of pyridine rings is 1. The zero-order valence-corrected chi connectivity index (χ0v) is 13.3. The number of amides is 1. The van der Waals surface area contributed by atoms with Gasteiger partial charge in [-0.15, -0.1) is 0 Å². The van der Waals surface area contributed by atoms with Gasteiger partial charge in [0, 0.05) is 35.7 Å². The van der Waals surface area contributed by atoms with Gasteiger partial charge in [0.05, 0.1) is 6.10 Å². The van der Waals surface area contributed by atoms with Gasteiger partial charge < -0.3 is 15.4 Å². The molecule has 0 saturated carbocycles. The minimum absolute atomic E-state index is 0.243. The van der Waals surface area contributed by atoms with Crippen LogP contribution in [0.4, 0.5) is 11.4 Å². The SMILES string of the molecule is O=C(Nc1cccc(Cl)c1)c1cc(NCC2CCCO2)ccn1. The molecule has 23 heavy (non-hydrogen) atoms. The number of anilines is 2. The van der Waals surface area contributed by atoms with Crippen LogP contribution in [0.25, 0.3) is 0 Å². The molecule has 1 aromatic heterocycles. The van der Waals surface area contributed by atoms with Crippen molar-refractivity contribution >= 4 is 28.9 Å². The third-order valence-electron chi connectivity index (χ3n) is 3.63. The van der Waals surface area contributed by atoms with Crippen LogP contribution < -0.4 is 10.6 Å². The summed E-state index contributed by atoms with van der Waals surface area (Å²) >= 11 is 5.91. The van der Waals surface area contributed by atoms with Gasteiger partial charge in [0.15, 0.2) is 0 Å². The minimum atomic E-state index is -0.270. The van der Waals surface area contributed by atoms with Gasteiger partial charge in [-0.2, -0.15) is 0 Å². The van der Waals surface area contributed by atoms with E-state index in [0.717, 1.165) is 31.7 Å². The molecule has 1 unspecified atom stereocenters. The van der Waals surface area contributed by atoms with E-state index < -0.39 is 0 Å². The Morgan fingerprint density at radius 1 is 1.30 bits per heavy atom. The Morgan fingerprint density at radius 2 is 2.22 bits per heavy atom. The second-order valence-corrected chi connectivity index (χ2v) is 5.85. The molecule has 0 spiro atoms. The molecule has 0 bridgehead atoms. The van der Waals surface area contributed by atoms with E-state index in [9.17, 15) is 4.79 Å². The van der Waals surface area contributed by atoms with Crippen molar-refractivity contribution in [2.45, 2.75) is 18.9 Å². The van der Waals surface area contributed by atoms with E-state index in [2.05, 4.69) is 15.6 Å². The van der Waals surface area contributed by atoms with E-state index in [1.54, 1.807) is 36.5 Å². The number of benzene rings is 1. The standard InChI is InChI=1S/C17H18ClN3O2/c18-12-3-1-4-14(9-12)21-17(22)16-10-13(6-7-19-16)20-11-15-5-2-8-23-15/h1,3-4,6-7,9-10,15H,2,5,8,11H2,(H,19,20)(H,21,22). The predicted molar refractivity (Wildman–Crippen MR) is 91.1 cm³/mol. The summed E-state index contributed by atoms with van der Waals surface area (Å²) in [4.78, 5) is 16.4. The molecule has 1 atom stereocenters. The molecule has 1 fully saturated rings. The average molecular weight is 332 g/mol. The second kappa shape index (κ2) is 7.44. The van der Waals surface area contributed by atoms with Crippen molar-refractivity contribution in [1.29, 1.82) is 0 Å². The number of halogens is 1. The van der Waals surface area contributed by atoms with Crippen molar-refractivity contribution in [3.63, 3.8) is 0 Å². The van der Waals surface area contributed by atoms with Gasteiger partial charge in [0.25, 0.3) is 5.91 Å². The topological polar surface area (TPSA) is 63.2 Å². The van der Waals surface area contributed by atoms with Gasteiger partial charge in [-0.3, -0.25) is 9.78 Å². The van der Waals surface area contributed by atoms with Crippen molar-refractivity contribution in [3.05, 3.63) is 53.3 Å². The molecule has 1 aromatic carbocycles. The molecule has 1 aliphatic rings. The van der Waals surface area contributed by atoms with E-state index in [-0.39, 0.29) is 12.0 Å². The quantitative estimate of drug-likeness (QED) is 0.879. The summed E-state index contributed by atoms with van der Waals surface area (Å²) in [6.45, 7) is 1.56. The van der Waals surface area contributed by atoms with E-state index >= 15 is 0 Å². The molecule has 1 saturated heterocycles. The Kier molecular flexibility index (Phi) is 5.10. The molecule has 0 radical (unpaired) electrons.